The first-order chi connectivity index (χ1) is 13.7. The molecule has 0 atom stereocenters. The lowest BCUT2D eigenvalue weighted by atomic mass is 10.1. The zero-order valence-electron chi connectivity index (χ0n) is 16.1. The second-order valence-electron chi connectivity index (χ2n) is 6.70. The molecular formula is C22H26N2O3S. The molecule has 28 heavy (non-hydrogen) atoms. The zero-order valence-corrected chi connectivity index (χ0v) is 17.0. The van der Waals surface area contributed by atoms with Gasteiger partial charge in [0.25, 0.3) is 5.91 Å². The van der Waals surface area contributed by atoms with E-state index in [1.807, 2.05) is 60.0 Å². The number of hydrogen-bond donors (Lipinski definition) is 1. The van der Waals surface area contributed by atoms with Crippen LogP contribution in [0.25, 0.3) is 0 Å². The molecule has 0 saturated carbocycles. The number of carbonyl (C=O) groups excluding carboxylic acids is 2. The van der Waals surface area contributed by atoms with Crippen LogP contribution in [0, 0.1) is 0 Å². The van der Waals surface area contributed by atoms with Gasteiger partial charge in [-0.3, -0.25) is 9.59 Å². The van der Waals surface area contributed by atoms with Gasteiger partial charge in [-0.15, -0.1) is 0 Å². The maximum absolute atomic E-state index is 12.5. The number of rotatable bonds is 7. The van der Waals surface area contributed by atoms with Crippen molar-refractivity contribution in [2.75, 3.05) is 36.5 Å². The van der Waals surface area contributed by atoms with Crippen LogP contribution in [0.2, 0.25) is 0 Å². The van der Waals surface area contributed by atoms with Gasteiger partial charge in [0.2, 0.25) is 5.91 Å². The summed E-state index contributed by atoms with van der Waals surface area (Å²) in [5.74, 6) is 2.71. The van der Waals surface area contributed by atoms with E-state index in [1.165, 1.54) is 0 Å². The van der Waals surface area contributed by atoms with Gasteiger partial charge in [-0.1, -0.05) is 25.1 Å². The third kappa shape index (κ3) is 5.76. The maximum atomic E-state index is 12.5. The number of thioether (sulfide) groups is 1. The molecule has 2 aromatic carbocycles. The third-order valence-electron chi connectivity index (χ3n) is 4.50. The average Bonchev–Trinajstić information content (AvgIpc) is 2.74. The lowest BCUT2D eigenvalue weighted by molar-refractivity contribution is -0.130. The van der Waals surface area contributed by atoms with Crippen molar-refractivity contribution in [1.82, 2.24) is 4.90 Å². The molecule has 5 nitrogen and oxygen atoms in total. The van der Waals surface area contributed by atoms with Crippen molar-refractivity contribution in [1.29, 1.82) is 0 Å². The normalized spacial score (nSPS) is 13.8. The monoisotopic (exact) mass is 398 g/mol. The van der Waals surface area contributed by atoms with Crippen molar-refractivity contribution in [3.8, 4) is 5.75 Å². The Bertz CT molecular complexity index is 802. The highest BCUT2D eigenvalue weighted by molar-refractivity contribution is 7.99. The van der Waals surface area contributed by atoms with Crippen LogP contribution in [0.5, 0.6) is 5.75 Å². The highest BCUT2D eigenvalue weighted by atomic mass is 32.2. The predicted octanol–water partition coefficient (Wildman–Crippen LogP) is 3.85. The highest BCUT2D eigenvalue weighted by Gasteiger charge is 2.17. The summed E-state index contributed by atoms with van der Waals surface area (Å²) in [6, 6.07) is 14.6. The summed E-state index contributed by atoms with van der Waals surface area (Å²) < 4.78 is 5.58. The minimum absolute atomic E-state index is 0.168. The van der Waals surface area contributed by atoms with Crippen LogP contribution in [-0.4, -0.2) is 47.9 Å². The smallest absolute Gasteiger partial charge is 0.255 e. The van der Waals surface area contributed by atoms with Crippen LogP contribution in [0.4, 0.5) is 5.69 Å². The Balaban J connectivity index is 1.56. The Morgan fingerprint density at radius 1 is 1.11 bits per heavy atom. The van der Waals surface area contributed by atoms with Crippen molar-refractivity contribution in [3.05, 3.63) is 59.7 Å². The van der Waals surface area contributed by atoms with Crippen molar-refractivity contribution < 1.29 is 14.3 Å². The second-order valence-corrected chi connectivity index (χ2v) is 7.92. The molecule has 0 spiro atoms. The van der Waals surface area contributed by atoms with Gasteiger partial charge in [-0.25, -0.2) is 0 Å². The molecule has 1 aliphatic rings. The SMILES string of the molecule is CCCOc1cccc(C(=O)Nc2ccc(CC(=O)N3CCSCC3)cc2)c1. The van der Waals surface area contributed by atoms with Gasteiger partial charge in [-0.2, -0.15) is 11.8 Å². The molecule has 2 aromatic rings. The lowest BCUT2D eigenvalue weighted by Gasteiger charge is -2.26. The van der Waals surface area contributed by atoms with Gasteiger partial charge in [0.1, 0.15) is 5.75 Å². The van der Waals surface area contributed by atoms with E-state index in [-0.39, 0.29) is 11.8 Å². The van der Waals surface area contributed by atoms with Crippen LogP contribution >= 0.6 is 11.8 Å². The van der Waals surface area contributed by atoms with E-state index >= 15 is 0 Å². The molecule has 1 saturated heterocycles. The molecule has 0 unspecified atom stereocenters. The Morgan fingerprint density at radius 2 is 1.86 bits per heavy atom. The first-order valence-corrected chi connectivity index (χ1v) is 10.8. The molecule has 0 aliphatic carbocycles. The first kappa shape index (κ1) is 20.3. The minimum Gasteiger partial charge on any atom is -0.494 e. The molecule has 1 N–H and O–H groups in total. The van der Waals surface area contributed by atoms with Crippen LogP contribution < -0.4 is 10.1 Å². The number of carbonyl (C=O) groups is 2. The summed E-state index contributed by atoms with van der Waals surface area (Å²) in [7, 11) is 0. The number of benzene rings is 2. The number of nitrogens with zero attached hydrogens (tertiary/aromatic N) is 1. The predicted molar refractivity (Wildman–Crippen MR) is 114 cm³/mol. The molecule has 0 bridgehead atoms. The second kappa shape index (κ2) is 10.2. The van der Waals surface area contributed by atoms with Crippen LogP contribution in [0.15, 0.2) is 48.5 Å². The Kier molecular flexibility index (Phi) is 7.37. The quantitative estimate of drug-likeness (QED) is 0.770. The average molecular weight is 399 g/mol. The molecule has 1 aliphatic heterocycles. The number of anilines is 1. The molecule has 0 aromatic heterocycles. The summed E-state index contributed by atoms with van der Waals surface area (Å²) in [6.45, 7) is 4.33. The molecule has 0 radical (unpaired) electrons. The Hall–Kier alpha value is -2.47. The summed E-state index contributed by atoms with van der Waals surface area (Å²) in [4.78, 5) is 26.8. The fourth-order valence-electron chi connectivity index (χ4n) is 2.96. The van der Waals surface area contributed by atoms with Crippen molar-refractivity contribution >= 4 is 29.3 Å². The van der Waals surface area contributed by atoms with Crippen molar-refractivity contribution in [2.24, 2.45) is 0 Å². The van der Waals surface area contributed by atoms with Gasteiger partial charge in [0, 0.05) is 35.8 Å². The van der Waals surface area contributed by atoms with Crippen molar-refractivity contribution in [2.45, 2.75) is 19.8 Å². The van der Waals surface area contributed by atoms with E-state index in [0.717, 1.165) is 36.6 Å². The van der Waals surface area contributed by atoms with Gasteiger partial charge in [0.15, 0.2) is 0 Å². The molecular weight excluding hydrogens is 372 g/mol. The lowest BCUT2D eigenvalue weighted by Crippen LogP contribution is -2.38. The zero-order chi connectivity index (χ0) is 19.8. The van der Waals surface area contributed by atoms with Crippen molar-refractivity contribution in [3.63, 3.8) is 0 Å². The van der Waals surface area contributed by atoms with Crippen LogP contribution in [0.1, 0.15) is 29.3 Å². The summed E-state index contributed by atoms with van der Waals surface area (Å²) in [5.41, 5.74) is 2.21. The van der Waals surface area contributed by atoms with E-state index in [4.69, 9.17) is 4.74 Å². The highest BCUT2D eigenvalue weighted by Crippen LogP contribution is 2.17. The van der Waals surface area contributed by atoms with E-state index in [2.05, 4.69) is 5.32 Å². The largest absolute Gasteiger partial charge is 0.494 e. The van der Waals surface area contributed by atoms with E-state index in [0.29, 0.717) is 30.0 Å². The maximum Gasteiger partial charge on any atom is 0.255 e. The van der Waals surface area contributed by atoms with Crippen LogP contribution in [-0.2, 0) is 11.2 Å². The first-order valence-electron chi connectivity index (χ1n) is 9.64. The molecule has 1 heterocycles. The summed E-state index contributed by atoms with van der Waals surface area (Å²) in [5, 5.41) is 2.89. The Morgan fingerprint density at radius 3 is 2.57 bits per heavy atom. The van der Waals surface area contributed by atoms with Gasteiger partial charge < -0.3 is 15.0 Å². The number of ether oxygens (including phenoxy) is 1. The van der Waals surface area contributed by atoms with Gasteiger partial charge in [-0.05, 0) is 42.3 Å². The standard InChI is InChI=1S/C22H26N2O3S/c1-2-12-27-20-5-3-4-18(16-20)22(26)23-19-8-6-17(7-9-19)15-21(25)24-10-13-28-14-11-24/h3-9,16H,2,10-15H2,1H3,(H,23,26). The molecule has 1 fully saturated rings. The van der Waals surface area contributed by atoms with E-state index in [9.17, 15) is 9.59 Å². The third-order valence-corrected chi connectivity index (χ3v) is 5.44. The number of nitrogens with one attached hydrogen (secondary N) is 1. The number of hydrogen-bond acceptors (Lipinski definition) is 4. The van der Waals surface area contributed by atoms with Crippen LogP contribution in [0.3, 0.4) is 0 Å². The fraction of sp³-hybridized carbons (Fsp3) is 0.364. The van der Waals surface area contributed by atoms with E-state index < -0.39 is 0 Å². The molecule has 3 rings (SSSR count). The van der Waals surface area contributed by atoms with Gasteiger partial charge >= 0.3 is 0 Å². The molecule has 6 heteroatoms. The molecule has 2 amide bonds. The summed E-state index contributed by atoms with van der Waals surface area (Å²) in [6.07, 6.45) is 1.32. The van der Waals surface area contributed by atoms with Gasteiger partial charge in [0.05, 0.1) is 13.0 Å². The van der Waals surface area contributed by atoms with E-state index in [1.54, 1.807) is 12.1 Å². The molecule has 148 valence electrons. The topological polar surface area (TPSA) is 58.6 Å². The minimum atomic E-state index is -0.184. The fourth-order valence-corrected chi connectivity index (χ4v) is 3.86. The Labute approximate surface area is 170 Å². The summed E-state index contributed by atoms with van der Waals surface area (Å²) >= 11 is 1.89. The number of amides is 2.